The molecule has 0 heterocycles. The summed E-state index contributed by atoms with van der Waals surface area (Å²) in [5.74, 6) is 0.104. The van der Waals surface area contributed by atoms with Crippen LogP contribution < -0.4 is 0 Å². The Balaban J connectivity index is 3.22. The molecule has 3 nitrogen and oxygen atoms in total. The van der Waals surface area contributed by atoms with E-state index in [9.17, 15) is 9.90 Å². The summed E-state index contributed by atoms with van der Waals surface area (Å²) in [6.45, 7) is 11.9. The van der Waals surface area contributed by atoms with Gasteiger partial charge in [-0.05, 0) is 65.4 Å². The fraction of sp³-hybridized carbons (Fsp3) is 0.812. The smallest absolute Gasteiger partial charge is 0.314 e. The Hall–Kier alpha value is -0.830. The Bertz CT molecular complexity index is 377. The van der Waals surface area contributed by atoms with Crippen molar-refractivity contribution < 1.29 is 14.6 Å². The van der Waals surface area contributed by atoms with Crippen molar-refractivity contribution in [2.24, 2.45) is 11.3 Å². The van der Waals surface area contributed by atoms with E-state index in [2.05, 4.69) is 6.92 Å². The molecule has 0 spiro atoms. The molecule has 2 atom stereocenters. The second-order valence-corrected chi connectivity index (χ2v) is 6.53. The number of hydrogen-bond acceptors (Lipinski definition) is 3. The van der Waals surface area contributed by atoms with Crippen molar-refractivity contribution in [2.75, 3.05) is 6.61 Å². The second-order valence-electron chi connectivity index (χ2n) is 6.53. The molecule has 0 amide bonds. The highest BCUT2D eigenvalue weighted by molar-refractivity contribution is 5.78. The number of hydrogen-bond donors (Lipinski definition) is 1. The molecule has 3 heteroatoms. The van der Waals surface area contributed by atoms with E-state index in [4.69, 9.17) is 4.74 Å². The molecular formula is C16H28O3. The Morgan fingerprint density at radius 1 is 1.47 bits per heavy atom. The molecule has 0 radical (unpaired) electrons. The monoisotopic (exact) mass is 268 g/mol. The lowest BCUT2D eigenvalue weighted by Crippen LogP contribution is -2.54. The summed E-state index contributed by atoms with van der Waals surface area (Å²) in [4.78, 5) is 12.2. The van der Waals surface area contributed by atoms with Gasteiger partial charge in [-0.1, -0.05) is 12.5 Å². The van der Waals surface area contributed by atoms with Gasteiger partial charge in [0.05, 0.1) is 12.0 Å². The molecule has 0 aromatic carbocycles. The molecule has 1 N–H and O–H groups in total. The van der Waals surface area contributed by atoms with Crippen LogP contribution in [0.3, 0.4) is 0 Å². The van der Waals surface area contributed by atoms with Crippen molar-refractivity contribution in [3.8, 4) is 0 Å². The van der Waals surface area contributed by atoms with Crippen molar-refractivity contribution in [3.05, 3.63) is 11.1 Å². The molecule has 0 aliphatic heterocycles. The number of aliphatic hydroxyl groups is 1. The normalized spacial score (nSPS) is 28.2. The van der Waals surface area contributed by atoms with E-state index in [0.717, 1.165) is 24.0 Å². The summed E-state index contributed by atoms with van der Waals surface area (Å²) in [5, 5.41) is 11.2. The highest BCUT2D eigenvalue weighted by Gasteiger charge is 2.54. The average Bonchev–Trinajstić information content (AvgIpc) is 2.28. The van der Waals surface area contributed by atoms with E-state index in [1.807, 2.05) is 13.8 Å². The van der Waals surface area contributed by atoms with Gasteiger partial charge in [0, 0.05) is 0 Å². The van der Waals surface area contributed by atoms with Crippen molar-refractivity contribution >= 4 is 5.97 Å². The lowest BCUT2D eigenvalue weighted by atomic mass is 9.61. The van der Waals surface area contributed by atoms with E-state index < -0.39 is 11.0 Å². The SMILES string of the molecule is CCOC(=O)C(C)(C)C1(O)CC(C)CCC1=C(C)C. The van der Waals surface area contributed by atoms with Crippen LogP contribution in [-0.2, 0) is 9.53 Å². The molecule has 19 heavy (non-hydrogen) atoms. The Morgan fingerprint density at radius 2 is 2.05 bits per heavy atom. The van der Waals surface area contributed by atoms with Crippen molar-refractivity contribution in [2.45, 2.75) is 66.4 Å². The fourth-order valence-electron chi connectivity index (χ4n) is 3.10. The molecule has 110 valence electrons. The summed E-state index contributed by atoms with van der Waals surface area (Å²) in [6, 6.07) is 0. The zero-order valence-electron chi connectivity index (χ0n) is 13.2. The molecule has 2 unspecified atom stereocenters. The Labute approximate surface area is 117 Å². The van der Waals surface area contributed by atoms with E-state index >= 15 is 0 Å². The molecule has 0 saturated heterocycles. The fourth-order valence-corrected chi connectivity index (χ4v) is 3.10. The van der Waals surface area contributed by atoms with Gasteiger partial charge in [-0.2, -0.15) is 0 Å². The van der Waals surface area contributed by atoms with Gasteiger partial charge >= 0.3 is 5.97 Å². The maximum Gasteiger partial charge on any atom is 0.314 e. The third-order valence-corrected chi connectivity index (χ3v) is 4.45. The summed E-state index contributed by atoms with van der Waals surface area (Å²) < 4.78 is 5.17. The number of allylic oxidation sites excluding steroid dienone is 1. The van der Waals surface area contributed by atoms with Gasteiger partial charge in [-0.3, -0.25) is 4.79 Å². The van der Waals surface area contributed by atoms with E-state index in [1.165, 1.54) is 0 Å². The van der Waals surface area contributed by atoms with Gasteiger partial charge in [0.25, 0.3) is 0 Å². The number of esters is 1. The first-order chi connectivity index (χ1) is 8.66. The van der Waals surface area contributed by atoms with E-state index in [0.29, 0.717) is 18.9 Å². The number of carbonyl (C=O) groups excluding carboxylic acids is 1. The van der Waals surface area contributed by atoms with Gasteiger partial charge in [0.1, 0.15) is 5.60 Å². The van der Waals surface area contributed by atoms with Crippen LogP contribution in [0.5, 0.6) is 0 Å². The summed E-state index contributed by atoms with van der Waals surface area (Å²) in [7, 11) is 0. The van der Waals surface area contributed by atoms with Crippen LogP contribution in [0.4, 0.5) is 0 Å². The van der Waals surface area contributed by atoms with Crippen molar-refractivity contribution in [3.63, 3.8) is 0 Å². The van der Waals surface area contributed by atoms with Crippen LogP contribution in [0.15, 0.2) is 11.1 Å². The minimum absolute atomic E-state index is 0.314. The van der Waals surface area contributed by atoms with Crippen LogP contribution >= 0.6 is 0 Å². The van der Waals surface area contributed by atoms with Crippen molar-refractivity contribution in [1.82, 2.24) is 0 Å². The topological polar surface area (TPSA) is 46.5 Å². The molecular weight excluding hydrogens is 240 g/mol. The number of ether oxygens (including phenoxy) is 1. The van der Waals surface area contributed by atoms with Crippen LogP contribution in [0.1, 0.15) is 60.8 Å². The summed E-state index contributed by atoms with van der Waals surface area (Å²) in [6.07, 6.45) is 2.56. The lowest BCUT2D eigenvalue weighted by Gasteiger charge is -2.47. The van der Waals surface area contributed by atoms with Crippen LogP contribution in [-0.4, -0.2) is 23.3 Å². The molecule has 1 aliphatic rings. The average molecular weight is 268 g/mol. The second kappa shape index (κ2) is 5.66. The third kappa shape index (κ3) is 2.86. The maximum absolute atomic E-state index is 12.2. The van der Waals surface area contributed by atoms with E-state index in [-0.39, 0.29) is 5.97 Å². The van der Waals surface area contributed by atoms with Crippen LogP contribution in [0, 0.1) is 11.3 Å². The predicted octanol–water partition coefficient (Wildman–Crippen LogP) is 3.46. The zero-order valence-corrected chi connectivity index (χ0v) is 13.2. The van der Waals surface area contributed by atoms with Gasteiger partial charge in [0.2, 0.25) is 0 Å². The van der Waals surface area contributed by atoms with Gasteiger partial charge in [-0.25, -0.2) is 0 Å². The first-order valence-electron chi connectivity index (χ1n) is 7.23. The molecule has 0 aromatic rings. The molecule has 1 aliphatic carbocycles. The highest BCUT2D eigenvalue weighted by Crippen LogP contribution is 2.49. The lowest BCUT2D eigenvalue weighted by molar-refractivity contribution is -0.170. The number of rotatable bonds is 3. The zero-order chi connectivity index (χ0) is 14.8. The van der Waals surface area contributed by atoms with Crippen LogP contribution in [0.25, 0.3) is 0 Å². The van der Waals surface area contributed by atoms with Gasteiger partial charge < -0.3 is 9.84 Å². The molecule has 1 saturated carbocycles. The third-order valence-electron chi connectivity index (χ3n) is 4.45. The maximum atomic E-state index is 12.2. The highest BCUT2D eigenvalue weighted by atomic mass is 16.5. The van der Waals surface area contributed by atoms with Crippen molar-refractivity contribution in [1.29, 1.82) is 0 Å². The van der Waals surface area contributed by atoms with E-state index in [1.54, 1.807) is 20.8 Å². The van der Waals surface area contributed by atoms with Gasteiger partial charge in [-0.15, -0.1) is 0 Å². The standard InChI is InChI=1S/C16H28O3/c1-7-19-14(17)15(5,6)16(18)10-12(4)8-9-13(16)11(2)3/h12,18H,7-10H2,1-6H3. The van der Waals surface area contributed by atoms with Gasteiger partial charge in [0.15, 0.2) is 0 Å². The summed E-state index contributed by atoms with van der Waals surface area (Å²) >= 11 is 0. The molecule has 1 fully saturated rings. The van der Waals surface area contributed by atoms with Crippen LogP contribution in [0.2, 0.25) is 0 Å². The minimum atomic E-state index is -1.09. The Kier molecular flexibility index (Phi) is 4.83. The first kappa shape index (κ1) is 16.2. The molecule has 0 aromatic heterocycles. The quantitative estimate of drug-likeness (QED) is 0.630. The first-order valence-corrected chi connectivity index (χ1v) is 7.23. The number of carbonyl (C=O) groups is 1. The predicted molar refractivity (Wildman–Crippen MR) is 76.8 cm³/mol. The minimum Gasteiger partial charge on any atom is -0.465 e. The Morgan fingerprint density at radius 3 is 2.53 bits per heavy atom. The molecule has 1 rings (SSSR count). The molecule has 0 bridgehead atoms. The summed E-state index contributed by atoms with van der Waals surface area (Å²) in [5.41, 5.74) is 0.135. The largest absolute Gasteiger partial charge is 0.465 e.